The fourth-order valence-electron chi connectivity index (χ4n) is 3.27. The van der Waals surface area contributed by atoms with Gasteiger partial charge in [0.1, 0.15) is 9.88 Å². The summed E-state index contributed by atoms with van der Waals surface area (Å²) in [6.45, 7) is 4.57. The number of carbonyl (C=O) groups is 1. The third-order valence-electron chi connectivity index (χ3n) is 4.72. The summed E-state index contributed by atoms with van der Waals surface area (Å²) in [7, 11) is -3.17. The molecule has 0 radical (unpaired) electrons. The van der Waals surface area contributed by atoms with Crippen LogP contribution in [0, 0.1) is 6.92 Å². The van der Waals surface area contributed by atoms with E-state index in [1.54, 1.807) is 6.07 Å². The van der Waals surface area contributed by atoms with Crippen molar-refractivity contribution in [3.05, 3.63) is 39.9 Å². The van der Waals surface area contributed by atoms with E-state index in [0.29, 0.717) is 47.9 Å². The van der Waals surface area contributed by atoms with Gasteiger partial charge in [0.2, 0.25) is 10.0 Å². The van der Waals surface area contributed by atoms with Crippen LogP contribution in [0.25, 0.3) is 10.6 Å². The number of hydrogen-bond donors (Lipinski definition) is 1. The molecule has 0 bridgehead atoms. The molecule has 1 N–H and O–H groups in total. The molecule has 1 fully saturated rings. The lowest BCUT2D eigenvalue weighted by atomic mass is 10.1. The van der Waals surface area contributed by atoms with Crippen molar-refractivity contribution in [3.8, 4) is 10.6 Å². The van der Waals surface area contributed by atoms with E-state index in [-0.39, 0.29) is 17.7 Å². The molecular weight excluding hydrogens is 418 g/mol. The molecule has 1 amide bonds. The first-order valence-corrected chi connectivity index (χ1v) is 12.1. The quantitative estimate of drug-likeness (QED) is 0.741. The molecule has 0 spiro atoms. The molecule has 1 aliphatic heterocycles. The van der Waals surface area contributed by atoms with E-state index in [9.17, 15) is 13.2 Å². The number of benzene rings is 1. The number of aryl methyl sites for hydroxylation is 1. The lowest BCUT2D eigenvalue weighted by Crippen LogP contribution is -2.47. The molecule has 1 saturated heterocycles. The van der Waals surface area contributed by atoms with E-state index >= 15 is 0 Å². The van der Waals surface area contributed by atoms with E-state index in [1.165, 1.54) is 15.6 Å². The van der Waals surface area contributed by atoms with Gasteiger partial charge in [-0.15, -0.1) is 11.3 Å². The van der Waals surface area contributed by atoms with Crippen molar-refractivity contribution in [1.29, 1.82) is 0 Å². The Morgan fingerprint density at radius 3 is 2.71 bits per heavy atom. The van der Waals surface area contributed by atoms with Gasteiger partial charge in [0.25, 0.3) is 5.91 Å². The van der Waals surface area contributed by atoms with Crippen LogP contribution in [0.2, 0.25) is 5.02 Å². The number of nitrogens with zero attached hydrogens (tertiary/aromatic N) is 2. The Labute approximate surface area is 175 Å². The molecule has 28 heavy (non-hydrogen) atoms. The minimum absolute atomic E-state index is 0.0308. The molecule has 1 aromatic heterocycles. The Morgan fingerprint density at radius 1 is 1.36 bits per heavy atom. The average molecular weight is 442 g/mol. The molecule has 0 atom stereocenters. The summed E-state index contributed by atoms with van der Waals surface area (Å²) in [6.07, 6.45) is 1.85. The van der Waals surface area contributed by atoms with Gasteiger partial charge in [0.15, 0.2) is 0 Å². The Morgan fingerprint density at radius 2 is 2.07 bits per heavy atom. The number of sulfonamides is 1. The topological polar surface area (TPSA) is 79.4 Å². The number of piperidine rings is 1. The van der Waals surface area contributed by atoms with Gasteiger partial charge in [-0.1, -0.05) is 30.7 Å². The van der Waals surface area contributed by atoms with Crippen LogP contribution in [0.5, 0.6) is 0 Å². The second kappa shape index (κ2) is 8.90. The van der Waals surface area contributed by atoms with Crippen LogP contribution in [0.1, 0.15) is 41.6 Å². The fourth-order valence-corrected chi connectivity index (χ4v) is 5.97. The van der Waals surface area contributed by atoms with Crippen LogP contribution in [0.15, 0.2) is 24.3 Å². The second-order valence-corrected chi connectivity index (χ2v) is 10.4. The van der Waals surface area contributed by atoms with Crippen molar-refractivity contribution >= 4 is 38.9 Å². The van der Waals surface area contributed by atoms with Gasteiger partial charge in [-0.3, -0.25) is 4.79 Å². The standard InChI is InChI=1S/C19H24ClN3O3S2/c1-3-11-28(25,26)23-9-7-16(8-10-23)22-18(24)17-13(2)21-19(27-17)14-5-4-6-15(20)12-14/h4-6,12,16H,3,7-11H2,1-2H3,(H,22,24). The zero-order chi connectivity index (χ0) is 20.3. The van der Waals surface area contributed by atoms with Gasteiger partial charge in [-0.25, -0.2) is 17.7 Å². The SMILES string of the molecule is CCCS(=O)(=O)N1CCC(NC(=O)c2sc(-c3cccc(Cl)c3)nc2C)CC1. The van der Waals surface area contributed by atoms with E-state index in [1.807, 2.05) is 32.0 Å². The highest BCUT2D eigenvalue weighted by Crippen LogP contribution is 2.29. The summed E-state index contributed by atoms with van der Waals surface area (Å²) in [5, 5.41) is 4.42. The number of aromatic nitrogens is 1. The van der Waals surface area contributed by atoms with E-state index in [2.05, 4.69) is 10.3 Å². The fraction of sp³-hybridized carbons (Fsp3) is 0.474. The van der Waals surface area contributed by atoms with Gasteiger partial charge < -0.3 is 5.32 Å². The highest BCUT2D eigenvalue weighted by molar-refractivity contribution is 7.89. The highest BCUT2D eigenvalue weighted by Gasteiger charge is 2.28. The molecule has 3 rings (SSSR count). The van der Waals surface area contributed by atoms with Crippen LogP contribution in [-0.2, 0) is 10.0 Å². The van der Waals surface area contributed by atoms with Crippen LogP contribution in [0.4, 0.5) is 0 Å². The number of rotatable bonds is 6. The molecule has 9 heteroatoms. The van der Waals surface area contributed by atoms with Gasteiger partial charge in [-0.05, 0) is 38.3 Å². The highest BCUT2D eigenvalue weighted by atomic mass is 35.5. The average Bonchev–Trinajstić information content (AvgIpc) is 3.04. The minimum atomic E-state index is -3.17. The predicted octanol–water partition coefficient (Wildman–Crippen LogP) is 3.71. The molecule has 152 valence electrons. The molecule has 0 unspecified atom stereocenters. The van der Waals surface area contributed by atoms with Crippen LogP contribution < -0.4 is 5.32 Å². The van der Waals surface area contributed by atoms with Gasteiger partial charge in [0.05, 0.1) is 11.4 Å². The van der Waals surface area contributed by atoms with Crippen molar-refractivity contribution in [1.82, 2.24) is 14.6 Å². The predicted molar refractivity (Wildman–Crippen MR) is 113 cm³/mol. The van der Waals surface area contributed by atoms with Crippen LogP contribution >= 0.6 is 22.9 Å². The summed E-state index contributed by atoms with van der Waals surface area (Å²) >= 11 is 7.39. The molecule has 1 aromatic carbocycles. The maximum absolute atomic E-state index is 12.7. The molecule has 2 aromatic rings. The maximum Gasteiger partial charge on any atom is 0.263 e. The van der Waals surface area contributed by atoms with E-state index < -0.39 is 10.0 Å². The zero-order valence-corrected chi connectivity index (χ0v) is 18.3. The van der Waals surface area contributed by atoms with E-state index in [0.717, 1.165) is 10.6 Å². The zero-order valence-electron chi connectivity index (χ0n) is 15.9. The first-order chi connectivity index (χ1) is 13.3. The minimum Gasteiger partial charge on any atom is -0.348 e. The maximum atomic E-state index is 12.7. The third-order valence-corrected chi connectivity index (χ3v) is 8.24. The Balaban J connectivity index is 1.63. The smallest absolute Gasteiger partial charge is 0.263 e. The first-order valence-electron chi connectivity index (χ1n) is 9.32. The van der Waals surface area contributed by atoms with Crippen molar-refractivity contribution in [2.24, 2.45) is 0 Å². The van der Waals surface area contributed by atoms with Crippen molar-refractivity contribution < 1.29 is 13.2 Å². The number of nitrogens with one attached hydrogen (secondary N) is 1. The molecule has 6 nitrogen and oxygen atoms in total. The number of carbonyl (C=O) groups excluding carboxylic acids is 1. The summed E-state index contributed by atoms with van der Waals surface area (Å²) in [5.74, 6) is 0.0225. The normalized spacial score (nSPS) is 16.2. The monoisotopic (exact) mass is 441 g/mol. The molecule has 0 aliphatic carbocycles. The number of thiazole rings is 1. The first kappa shape index (κ1) is 21.2. The Hall–Kier alpha value is -1.48. The van der Waals surface area contributed by atoms with Crippen LogP contribution in [0.3, 0.4) is 0 Å². The van der Waals surface area contributed by atoms with E-state index in [4.69, 9.17) is 11.6 Å². The Bertz CT molecular complexity index is 951. The third kappa shape index (κ3) is 4.92. The largest absolute Gasteiger partial charge is 0.348 e. The Kier molecular flexibility index (Phi) is 6.75. The summed E-state index contributed by atoms with van der Waals surface area (Å²) < 4.78 is 25.9. The lowest BCUT2D eigenvalue weighted by molar-refractivity contribution is 0.0927. The molecule has 1 aliphatic rings. The van der Waals surface area contributed by atoms with Crippen molar-refractivity contribution in [2.75, 3.05) is 18.8 Å². The second-order valence-electron chi connectivity index (χ2n) is 6.91. The van der Waals surface area contributed by atoms with Crippen molar-refractivity contribution in [2.45, 2.75) is 39.2 Å². The number of halogens is 1. The van der Waals surface area contributed by atoms with Gasteiger partial charge >= 0.3 is 0 Å². The van der Waals surface area contributed by atoms with Gasteiger partial charge in [-0.2, -0.15) is 0 Å². The summed E-state index contributed by atoms with van der Waals surface area (Å²) in [5.41, 5.74) is 1.56. The summed E-state index contributed by atoms with van der Waals surface area (Å²) in [6, 6.07) is 7.37. The lowest BCUT2D eigenvalue weighted by Gasteiger charge is -2.31. The molecule has 0 saturated carbocycles. The van der Waals surface area contributed by atoms with Gasteiger partial charge in [0, 0.05) is 29.7 Å². The molecular formula is C19H24ClN3O3S2. The molecule has 2 heterocycles. The van der Waals surface area contributed by atoms with Crippen molar-refractivity contribution in [3.63, 3.8) is 0 Å². The summed E-state index contributed by atoms with van der Waals surface area (Å²) in [4.78, 5) is 17.8. The van der Waals surface area contributed by atoms with Crippen LogP contribution in [-0.4, -0.2) is 48.5 Å². The number of hydrogen-bond acceptors (Lipinski definition) is 5. The number of amides is 1.